The third kappa shape index (κ3) is 4.01. The molecule has 0 aliphatic rings. The van der Waals surface area contributed by atoms with Crippen LogP contribution in [-0.2, 0) is 6.42 Å². The maximum absolute atomic E-state index is 12.1. The number of benzene rings is 2. The Morgan fingerprint density at radius 1 is 1.12 bits per heavy atom. The minimum Gasteiger partial charge on any atom is -0.441 e. The molecular formula is C20H18N2O3. The summed E-state index contributed by atoms with van der Waals surface area (Å²) in [5, 5.41) is 2.85. The Hall–Kier alpha value is -3.21. The Morgan fingerprint density at radius 2 is 1.84 bits per heavy atom. The van der Waals surface area contributed by atoms with E-state index in [0.717, 1.165) is 23.3 Å². The molecule has 0 spiro atoms. The highest BCUT2D eigenvalue weighted by atomic mass is 16.4. The van der Waals surface area contributed by atoms with Gasteiger partial charge in [0.05, 0.1) is 5.69 Å². The van der Waals surface area contributed by atoms with E-state index in [1.54, 1.807) is 24.3 Å². The van der Waals surface area contributed by atoms with Crippen LogP contribution in [0.2, 0.25) is 0 Å². The maximum atomic E-state index is 12.1. The third-order valence-electron chi connectivity index (χ3n) is 3.87. The number of hydrogen-bond acceptors (Lipinski definition) is 4. The number of aldehydes is 1. The first-order valence-corrected chi connectivity index (χ1v) is 8.02. The molecule has 1 amide bonds. The molecule has 0 unspecified atom stereocenters. The minimum atomic E-state index is -0.179. The topological polar surface area (TPSA) is 72.2 Å². The number of aromatic nitrogens is 1. The van der Waals surface area contributed by atoms with E-state index in [-0.39, 0.29) is 5.91 Å². The molecule has 126 valence electrons. The van der Waals surface area contributed by atoms with Crippen LogP contribution in [0.15, 0.2) is 59.0 Å². The summed E-state index contributed by atoms with van der Waals surface area (Å²) in [6.07, 6.45) is 1.33. The van der Waals surface area contributed by atoms with Gasteiger partial charge >= 0.3 is 0 Å². The number of hydrogen-bond donors (Lipinski definition) is 1. The normalized spacial score (nSPS) is 10.4. The first-order chi connectivity index (χ1) is 12.2. The van der Waals surface area contributed by atoms with Gasteiger partial charge in [-0.1, -0.05) is 30.3 Å². The lowest BCUT2D eigenvalue weighted by Crippen LogP contribution is -2.25. The maximum Gasteiger partial charge on any atom is 0.251 e. The van der Waals surface area contributed by atoms with Crippen LogP contribution in [0.3, 0.4) is 0 Å². The molecule has 0 radical (unpaired) electrons. The Labute approximate surface area is 145 Å². The SMILES string of the molecule is Cc1oc(-c2ccccc2)nc1CCNC(=O)c1ccc(C=O)cc1. The van der Waals surface area contributed by atoms with Crippen LogP contribution in [0, 0.1) is 6.92 Å². The van der Waals surface area contributed by atoms with E-state index in [1.165, 1.54) is 0 Å². The van der Waals surface area contributed by atoms with Gasteiger partial charge in [-0.2, -0.15) is 0 Å². The van der Waals surface area contributed by atoms with E-state index in [2.05, 4.69) is 10.3 Å². The summed E-state index contributed by atoms with van der Waals surface area (Å²) in [4.78, 5) is 27.3. The number of nitrogens with one attached hydrogen (secondary N) is 1. The molecule has 1 aromatic heterocycles. The predicted octanol–water partition coefficient (Wildman–Crippen LogP) is 3.44. The van der Waals surface area contributed by atoms with Crippen molar-refractivity contribution < 1.29 is 14.0 Å². The molecule has 5 heteroatoms. The molecule has 0 fully saturated rings. The van der Waals surface area contributed by atoms with E-state index < -0.39 is 0 Å². The molecular weight excluding hydrogens is 316 g/mol. The Balaban J connectivity index is 1.59. The third-order valence-corrected chi connectivity index (χ3v) is 3.87. The number of oxazole rings is 1. The highest BCUT2D eigenvalue weighted by molar-refractivity contribution is 5.94. The van der Waals surface area contributed by atoms with Crippen LogP contribution in [-0.4, -0.2) is 23.7 Å². The number of amides is 1. The quantitative estimate of drug-likeness (QED) is 0.701. The van der Waals surface area contributed by atoms with Crippen molar-refractivity contribution in [1.29, 1.82) is 0 Å². The molecule has 0 aliphatic carbocycles. The summed E-state index contributed by atoms with van der Waals surface area (Å²) < 4.78 is 5.71. The number of nitrogens with zero attached hydrogens (tertiary/aromatic N) is 1. The smallest absolute Gasteiger partial charge is 0.251 e. The molecule has 1 heterocycles. The highest BCUT2D eigenvalue weighted by Crippen LogP contribution is 2.21. The van der Waals surface area contributed by atoms with Gasteiger partial charge < -0.3 is 9.73 Å². The zero-order valence-corrected chi connectivity index (χ0v) is 13.9. The molecule has 0 aliphatic heterocycles. The number of carbonyl (C=O) groups is 2. The molecule has 0 saturated carbocycles. The summed E-state index contributed by atoms with van der Waals surface area (Å²) in [7, 11) is 0. The second-order valence-corrected chi connectivity index (χ2v) is 5.63. The monoisotopic (exact) mass is 334 g/mol. The fourth-order valence-electron chi connectivity index (χ4n) is 2.47. The first-order valence-electron chi connectivity index (χ1n) is 8.02. The average Bonchev–Trinajstić information content (AvgIpc) is 3.03. The van der Waals surface area contributed by atoms with Crippen LogP contribution < -0.4 is 5.32 Å². The molecule has 0 atom stereocenters. The summed E-state index contributed by atoms with van der Waals surface area (Å²) in [6.45, 7) is 2.32. The van der Waals surface area contributed by atoms with Crippen molar-refractivity contribution in [2.24, 2.45) is 0 Å². The summed E-state index contributed by atoms with van der Waals surface area (Å²) >= 11 is 0. The van der Waals surface area contributed by atoms with E-state index in [9.17, 15) is 9.59 Å². The van der Waals surface area contributed by atoms with Gasteiger partial charge in [0.2, 0.25) is 5.89 Å². The van der Waals surface area contributed by atoms with E-state index in [0.29, 0.717) is 30.0 Å². The number of carbonyl (C=O) groups excluding carboxylic acids is 2. The van der Waals surface area contributed by atoms with Crippen LogP contribution in [0.25, 0.3) is 11.5 Å². The fourth-order valence-corrected chi connectivity index (χ4v) is 2.47. The molecule has 2 aromatic carbocycles. The van der Waals surface area contributed by atoms with Gasteiger partial charge in [-0.05, 0) is 31.2 Å². The lowest BCUT2D eigenvalue weighted by atomic mass is 10.1. The molecule has 3 aromatic rings. The van der Waals surface area contributed by atoms with Crippen molar-refractivity contribution in [3.05, 3.63) is 77.2 Å². The second-order valence-electron chi connectivity index (χ2n) is 5.63. The predicted molar refractivity (Wildman–Crippen MR) is 94.5 cm³/mol. The molecule has 25 heavy (non-hydrogen) atoms. The van der Waals surface area contributed by atoms with Gasteiger partial charge in [0.15, 0.2) is 0 Å². The van der Waals surface area contributed by atoms with Gasteiger partial charge in [0.25, 0.3) is 5.91 Å². The lowest BCUT2D eigenvalue weighted by Gasteiger charge is -2.04. The van der Waals surface area contributed by atoms with Crippen LogP contribution in [0.4, 0.5) is 0 Å². The van der Waals surface area contributed by atoms with Crippen molar-refractivity contribution in [2.45, 2.75) is 13.3 Å². The minimum absolute atomic E-state index is 0.179. The molecule has 0 bridgehead atoms. The molecule has 5 nitrogen and oxygen atoms in total. The number of rotatable bonds is 6. The fraction of sp³-hybridized carbons (Fsp3) is 0.150. The Kier molecular flexibility index (Phi) is 5.04. The largest absolute Gasteiger partial charge is 0.441 e. The molecule has 0 saturated heterocycles. The summed E-state index contributed by atoms with van der Waals surface area (Å²) in [5.41, 5.74) is 2.82. The molecule has 3 rings (SSSR count). The van der Waals surface area contributed by atoms with Crippen LogP contribution in [0.1, 0.15) is 32.2 Å². The van der Waals surface area contributed by atoms with Gasteiger partial charge in [0, 0.05) is 29.7 Å². The van der Waals surface area contributed by atoms with E-state index in [1.807, 2.05) is 37.3 Å². The summed E-state index contributed by atoms with van der Waals surface area (Å²) in [5.74, 6) is 1.16. The van der Waals surface area contributed by atoms with Gasteiger partial charge in [0.1, 0.15) is 12.0 Å². The number of aryl methyl sites for hydroxylation is 1. The van der Waals surface area contributed by atoms with Gasteiger partial charge in [-0.3, -0.25) is 9.59 Å². The highest BCUT2D eigenvalue weighted by Gasteiger charge is 2.12. The first kappa shape index (κ1) is 16.6. The van der Waals surface area contributed by atoms with E-state index in [4.69, 9.17) is 4.42 Å². The standard InChI is InChI=1S/C20H18N2O3/c1-14-18(22-20(25-14)17-5-3-2-4-6-17)11-12-21-19(24)16-9-7-15(13-23)8-10-16/h2-10,13H,11-12H2,1H3,(H,21,24). The zero-order valence-electron chi connectivity index (χ0n) is 13.9. The van der Waals surface area contributed by atoms with Crippen molar-refractivity contribution >= 4 is 12.2 Å². The van der Waals surface area contributed by atoms with Gasteiger partial charge in [-0.25, -0.2) is 4.98 Å². The van der Waals surface area contributed by atoms with Crippen LogP contribution >= 0.6 is 0 Å². The van der Waals surface area contributed by atoms with Crippen molar-refractivity contribution in [1.82, 2.24) is 10.3 Å². The Morgan fingerprint density at radius 3 is 2.52 bits per heavy atom. The van der Waals surface area contributed by atoms with Crippen LogP contribution in [0.5, 0.6) is 0 Å². The van der Waals surface area contributed by atoms with E-state index >= 15 is 0 Å². The van der Waals surface area contributed by atoms with Crippen molar-refractivity contribution in [3.8, 4) is 11.5 Å². The average molecular weight is 334 g/mol. The second kappa shape index (κ2) is 7.57. The van der Waals surface area contributed by atoms with Crippen molar-refractivity contribution in [2.75, 3.05) is 6.54 Å². The van der Waals surface area contributed by atoms with Gasteiger partial charge in [-0.15, -0.1) is 0 Å². The Bertz CT molecular complexity index is 868. The van der Waals surface area contributed by atoms with Crippen molar-refractivity contribution in [3.63, 3.8) is 0 Å². The lowest BCUT2D eigenvalue weighted by molar-refractivity contribution is 0.0953. The summed E-state index contributed by atoms with van der Waals surface area (Å²) in [6, 6.07) is 16.2. The zero-order chi connectivity index (χ0) is 17.6. The molecule has 1 N–H and O–H groups in total.